The van der Waals surface area contributed by atoms with Gasteiger partial charge in [-0.25, -0.2) is 0 Å². The molecule has 3 heteroatoms. The van der Waals surface area contributed by atoms with Gasteiger partial charge < -0.3 is 5.32 Å². The molecule has 0 aromatic heterocycles. The van der Waals surface area contributed by atoms with Crippen molar-refractivity contribution in [1.82, 2.24) is 5.48 Å². The van der Waals surface area contributed by atoms with Gasteiger partial charge in [-0.1, -0.05) is 31.0 Å². The van der Waals surface area contributed by atoms with Crippen molar-refractivity contribution in [2.45, 2.75) is 51.2 Å². The highest BCUT2D eigenvalue weighted by Gasteiger charge is 2.16. The number of hydrogen-bond acceptors (Lipinski definition) is 3. The molecular weight excluding hydrogens is 224 g/mol. The fourth-order valence-corrected chi connectivity index (χ4v) is 2.97. The Labute approximate surface area is 109 Å². The Bertz CT molecular complexity index is 399. The van der Waals surface area contributed by atoms with Crippen LogP contribution in [0.5, 0.6) is 0 Å². The van der Waals surface area contributed by atoms with Gasteiger partial charge in [0.1, 0.15) is 0 Å². The van der Waals surface area contributed by atoms with Gasteiger partial charge in [-0.15, -0.1) is 0 Å². The Hall–Kier alpha value is -1.06. The van der Waals surface area contributed by atoms with Gasteiger partial charge in [0.25, 0.3) is 0 Å². The van der Waals surface area contributed by atoms with E-state index in [1.807, 2.05) is 0 Å². The maximum Gasteiger partial charge on any atom is 0.0790 e. The quantitative estimate of drug-likeness (QED) is 0.801. The van der Waals surface area contributed by atoms with Crippen LogP contribution in [0, 0.1) is 0 Å². The summed E-state index contributed by atoms with van der Waals surface area (Å²) in [5.41, 5.74) is 7.25. The summed E-state index contributed by atoms with van der Waals surface area (Å²) in [6.07, 6.45) is 7.90. The molecule has 1 heterocycles. The molecule has 0 bridgehead atoms. The first-order valence-corrected chi connectivity index (χ1v) is 7.16. The molecule has 1 fully saturated rings. The normalized spacial score (nSPS) is 19.6. The number of nitrogens with one attached hydrogen (secondary N) is 2. The summed E-state index contributed by atoms with van der Waals surface area (Å²) in [5.74, 6) is 0. The smallest absolute Gasteiger partial charge is 0.0790 e. The first kappa shape index (κ1) is 12.0. The van der Waals surface area contributed by atoms with Crippen molar-refractivity contribution in [3.8, 4) is 0 Å². The van der Waals surface area contributed by atoms with Gasteiger partial charge in [0.05, 0.1) is 6.10 Å². The lowest BCUT2D eigenvalue weighted by molar-refractivity contribution is -0.0243. The van der Waals surface area contributed by atoms with E-state index in [9.17, 15) is 0 Å². The molecule has 2 aliphatic rings. The first-order chi connectivity index (χ1) is 8.93. The average molecular weight is 246 g/mol. The molecule has 0 atom stereocenters. The first-order valence-electron chi connectivity index (χ1n) is 7.16. The van der Waals surface area contributed by atoms with Crippen LogP contribution in [0.1, 0.15) is 43.2 Å². The predicted octanol–water partition coefficient (Wildman–Crippen LogP) is 3.01. The van der Waals surface area contributed by atoms with Gasteiger partial charge >= 0.3 is 0 Å². The summed E-state index contributed by atoms with van der Waals surface area (Å²) in [6, 6.07) is 6.56. The molecule has 1 saturated carbocycles. The van der Waals surface area contributed by atoms with E-state index in [1.165, 1.54) is 55.3 Å². The molecule has 0 spiro atoms. The van der Waals surface area contributed by atoms with Gasteiger partial charge in [0.15, 0.2) is 0 Å². The van der Waals surface area contributed by atoms with Crippen LogP contribution in [-0.2, 0) is 17.8 Å². The Kier molecular flexibility index (Phi) is 3.81. The lowest BCUT2D eigenvalue weighted by Crippen LogP contribution is -2.23. The minimum absolute atomic E-state index is 0.428. The van der Waals surface area contributed by atoms with Gasteiger partial charge in [-0.3, -0.25) is 4.84 Å². The number of benzene rings is 1. The molecule has 18 heavy (non-hydrogen) atoms. The number of hydroxylamine groups is 1. The third kappa shape index (κ3) is 2.68. The number of aryl methyl sites for hydroxylation is 1. The monoisotopic (exact) mass is 246 g/mol. The SMILES string of the molecule is c1cc2c(c(CNOC3CCCC3)c1)NCCC2. The number of fused-ring (bicyclic) bond motifs is 1. The van der Waals surface area contributed by atoms with Crippen LogP contribution in [0.4, 0.5) is 5.69 Å². The van der Waals surface area contributed by atoms with Gasteiger partial charge in [-0.2, -0.15) is 5.48 Å². The van der Waals surface area contributed by atoms with E-state index in [4.69, 9.17) is 4.84 Å². The van der Waals surface area contributed by atoms with E-state index in [0.717, 1.165) is 13.1 Å². The van der Waals surface area contributed by atoms with E-state index in [-0.39, 0.29) is 0 Å². The molecule has 0 unspecified atom stereocenters. The summed E-state index contributed by atoms with van der Waals surface area (Å²) in [5, 5.41) is 3.51. The zero-order valence-corrected chi connectivity index (χ0v) is 10.9. The number of rotatable bonds is 4. The molecule has 3 nitrogen and oxygen atoms in total. The molecular formula is C15H22N2O. The van der Waals surface area contributed by atoms with Crippen molar-refractivity contribution in [3.05, 3.63) is 29.3 Å². The molecule has 0 amide bonds. The van der Waals surface area contributed by atoms with Crippen LogP contribution in [0.15, 0.2) is 18.2 Å². The van der Waals surface area contributed by atoms with Crippen LogP contribution in [-0.4, -0.2) is 12.6 Å². The van der Waals surface area contributed by atoms with Crippen molar-refractivity contribution < 1.29 is 4.84 Å². The van der Waals surface area contributed by atoms with Crippen molar-refractivity contribution in [1.29, 1.82) is 0 Å². The molecule has 3 rings (SSSR count). The number of anilines is 1. The maximum absolute atomic E-state index is 5.72. The summed E-state index contributed by atoms with van der Waals surface area (Å²) < 4.78 is 0. The van der Waals surface area contributed by atoms with Crippen molar-refractivity contribution >= 4 is 5.69 Å². The van der Waals surface area contributed by atoms with Gasteiger partial charge in [-0.05, 0) is 36.8 Å². The minimum Gasteiger partial charge on any atom is -0.385 e. The summed E-state index contributed by atoms with van der Waals surface area (Å²) >= 11 is 0. The molecule has 1 aromatic rings. The molecule has 0 saturated heterocycles. The predicted molar refractivity (Wildman–Crippen MR) is 73.4 cm³/mol. The maximum atomic E-state index is 5.72. The van der Waals surface area contributed by atoms with Gasteiger partial charge in [0.2, 0.25) is 0 Å². The highest BCUT2D eigenvalue weighted by molar-refractivity contribution is 5.59. The highest BCUT2D eigenvalue weighted by atomic mass is 16.7. The standard InChI is InChI=1S/C15H22N2O/c1-2-9-14(8-1)18-17-11-13-6-3-5-12-7-4-10-16-15(12)13/h3,5-6,14,16-17H,1-2,4,7-11H2. The fourth-order valence-electron chi connectivity index (χ4n) is 2.97. The minimum atomic E-state index is 0.428. The Morgan fingerprint density at radius 2 is 2.11 bits per heavy atom. The van der Waals surface area contributed by atoms with E-state index in [0.29, 0.717) is 6.10 Å². The average Bonchev–Trinajstić information content (AvgIpc) is 2.92. The molecule has 1 aromatic carbocycles. The van der Waals surface area contributed by atoms with Crippen molar-refractivity contribution in [3.63, 3.8) is 0 Å². The largest absolute Gasteiger partial charge is 0.385 e. The third-order valence-electron chi connectivity index (χ3n) is 3.98. The Morgan fingerprint density at radius 1 is 1.22 bits per heavy atom. The van der Waals surface area contributed by atoms with Crippen LogP contribution < -0.4 is 10.8 Å². The van der Waals surface area contributed by atoms with Crippen molar-refractivity contribution in [2.24, 2.45) is 0 Å². The Morgan fingerprint density at radius 3 is 3.00 bits per heavy atom. The number of hydrogen-bond donors (Lipinski definition) is 2. The molecule has 0 radical (unpaired) electrons. The number of para-hydroxylation sites is 1. The zero-order valence-electron chi connectivity index (χ0n) is 10.9. The van der Waals surface area contributed by atoms with Crippen LogP contribution in [0.3, 0.4) is 0 Å². The Balaban J connectivity index is 1.58. The van der Waals surface area contributed by atoms with Crippen LogP contribution in [0.25, 0.3) is 0 Å². The lowest BCUT2D eigenvalue weighted by Gasteiger charge is -2.21. The topological polar surface area (TPSA) is 33.3 Å². The highest BCUT2D eigenvalue weighted by Crippen LogP contribution is 2.26. The van der Waals surface area contributed by atoms with Crippen molar-refractivity contribution in [2.75, 3.05) is 11.9 Å². The zero-order chi connectivity index (χ0) is 12.2. The summed E-state index contributed by atoms with van der Waals surface area (Å²) in [4.78, 5) is 5.72. The second kappa shape index (κ2) is 5.72. The molecule has 2 N–H and O–H groups in total. The van der Waals surface area contributed by atoms with E-state index >= 15 is 0 Å². The lowest BCUT2D eigenvalue weighted by atomic mass is 9.99. The summed E-state index contributed by atoms with van der Waals surface area (Å²) in [6.45, 7) is 1.89. The van der Waals surface area contributed by atoms with Gasteiger partial charge in [0, 0.05) is 18.8 Å². The molecule has 1 aliphatic heterocycles. The van der Waals surface area contributed by atoms with Crippen LogP contribution in [0.2, 0.25) is 0 Å². The second-order valence-corrected chi connectivity index (χ2v) is 5.33. The van der Waals surface area contributed by atoms with E-state index < -0.39 is 0 Å². The third-order valence-corrected chi connectivity index (χ3v) is 3.98. The molecule has 1 aliphatic carbocycles. The van der Waals surface area contributed by atoms with E-state index in [1.54, 1.807) is 0 Å². The van der Waals surface area contributed by atoms with Crippen LogP contribution >= 0.6 is 0 Å². The fraction of sp³-hybridized carbons (Fsp3) is 0.600. The second-order valence-electron chi connectivity index (χ2n) is 5.33. The molecule has 98 valence electrons. The summed E-state index contributed by atoms with van der Waals surface area (Å²) in [7, 11) is 0. The van der Waals surface area contributed by atoms with E-state index in [2.05, 4.69) is 29.0 Å².